The molecule has 1 aromatic rings. The van der Waals surface area contributed by atoms with Crippen molar-refractivity contribution in [3.63, 3.8) is 0 Å². The average Bonchev–Trinajstić information content (AvgIpc) is 3.04. The fourth-order valence-electron chi connectivity index (χ4n) is 3.36. The van der Waals surface area contributed by atoms with Crippen LogP contribution in [0.1, 0.15) is 39.2 Å². The number of guanidine groups is 1. The highest BCUT2D eigenvalue weighted by Crippen LogP contribution is 2.20. The second kappa shape index (κ2) is 13.1. The Hall–Kier alpha value is -1.56. The number of carbonyl (C=O) groups excluding carboxylic acids is 1. The lowest BCUT2D eigenvalue weighted by Gasteiger charge is -2.19. The summed E-state index contributed by atoms with van der Waals surface area (Å²) in [6.07, 6.45) is -3.08. The van der Waals surface area contributed by atoms with E-state index in [2.05, 4.69) is 20.9 Å². The smallest absolute Gasteiger partial charge is 0.357 e. The molecular formula is C21H33F3IN5O. The summed E-state index contributed by atoms with van der Waals surface area (Å²) in [7, 11) is 0. The minimum absolute atomic E-state index is 0. The lowest BCUT2D eigenvalue weighted by atomic mass is 10.1. The van der Waals surface area contributed by atoms with E-state index in [0.29, 0.717) is 45.0 Å². The summed E-state index contributed by atoms with van der Waals surface area (Å²) >= 11 is 0. The van der Waals surface area contributed by atoms with Gasteiger partial charge in [0.2, 0.25) is 5.91 Å². The number of rotatable bonds is 8. The number of carbonyl (C=O) groups is 1. The molecule has 1 aromatic carbocycles. The van der Waals surface area contributed by atoms with Gasteiger partial charge in [0.25, 0.3) is 0 Å². The molecule has 3 N–H and O–H groups in total. The van der Waals surface area contributed by atoms with E-state index in [1.54, 1.807) is 0 Å². The van der Waals surface area contributed by atoms with E-state index >= 15 is 0 Å². The summed E-state index contributed by atoms with van der Waals surface area (Å²) in [6, 6.07) is 7.43. The Morgan fingerprint density at radius 2 is 2.06 bits per heavy atom. The van der Waals surface area contributed by atoms with Crippen molar-refractivity contribution in [3.8, 4) is 0 Å². The number of hydrogen-bond donors (Lipinski definition) is 3. The van der Waals surface area contributed by atoms with E-state index in [1.807, 2.05) is 45.0 Å². The first-order chi connectivity index (χ1) is 14.1. The third-order valence-corrected chi connectivity index (χ3v) is 4.58. The van der Waals surface area contributed by atoms with Gasteiger partial charge in [-0.15, -0.1) is 24.0 Å². The van der Waals surface area contributed by atoms with Gasteiger partial charge in [-0.3, -0.25) is 9.69 Å². The molecule has 1 heterocycles. The molecule has 31 heavy (non-hydrogen) atoms. The largest absolute Gasteiger partial charge is 0.401 e. The van der Waals surface area contributed by atoms with Crippen LogP contribution in [-0.4, -0.2) is 55.2 Å². The quantitative estimate of drug-likeness (QED) is 0.258. The average molecular weight is 555 g/mol. The molecule has 1 atom stereocenters. The number of anilines is 1. The summed E-state index contributed by atoms with van der Waals surface area (Å²) in [5.74, 6) is 0.838. The number of amides is 1. The lowest BCUT2D eigenvalue weighted by Crippen LogP contribution is -2.45. The van der Waals surface area contributed by atoms with E-state index in [4.69, 9.17) is 0 Å². The van der Waals surface area contributed by atoms with Crippen molar-refractivity contribution in [2.45, 2.75) is 52.4 Å². The minimum Gasteiger partial charge on any atom is -0.357 e. The number of alkyl halides is 3. The van der Waals surface area contributed by atoms with E-state index in [0.717, 1.165) is 11.3 Å². The lowest BCUT2D eigenvalue weighted by molar-refractivity contribution is -0.143. The van der Waals surface area contributed by atoms with Crippen molar-refractivity contribution in [1.82, 2.24) is 15.5 Å². The van der Waals surface area contributed by atoms with Gasteiger partial charge >= 0.3 is 6.18 Å². The second-order valence-corrected chi connectivity index (χ2v) is 8.02. The molecule has 1 aliphatic rings. The molecule has 0 saturated carbocycles. The van der Waals surface area contributed by atoms with Crippen LogP contribution in [-0.2, 0) is 11.3 Å². The molecule has 1 saturated heterocycles. The maximum absolute atomic E-state index is 12.6. The maximum Gasteiger partial charge on any atom is 0.401 e. The van der Waals surface area contributed by atoms with Crippen molar-refractivity contribution < 1.29 is 18.0 Å². The monoisotopic (exact) mass is 555 g/mol. The number of nitrogens with one attached hydrogen (secondary N) is 3. The molecule has 0 aromatic heterocycles. The van der Waals surface area contributed by atoms with Crippen LogP contribution in [0.2, 0.25) is 0 Å². The zero-order chi connectivity index (χ0) is 22.1. The molecule has 1 unspecified atom stereocenters. The summed E-state index contributed by atoms with van der Waals surface area (Å²) in [4.78, 5) is 17.9. The molecule has 10 heteroatoms. The van der Waals surface area contributed by atoms with Crippen LogP contribution in [0, 0.1) is 5.92 Å². The molecule has 0 spiro atoms. The number of hydrogen-bond acceptors (Lipinski definition) is 3. The summed E-state index contributed by atoms with van der Waals surface area (Å²) in [5, 5.41) is 9.26. The van der Waals surface area contributed by atoms with Gasteiger partial charge in [0.15, 0.2) is 5.96 Å². The van der Waals surface area contributed by atoms with Crippen LogP contribution in [0.3, 0.4) is 0 Å². The Labute approximate surface area is 199 Å². The Morgan fingerprint density at radius 1 is 1.32 bits per heavy atom. The molecule has 1 amide bonds. The van der Waals surface area contributed by atoms with Crippen molar-refractivity contribution in [1.29, 1.82) is 0 Å². The second-order valence-electron chi connectivity index (χ2n) is 8.02. The Bertz CT molecular complexity index is 727. The Kier molecular flexibility index (Phi) is 11.6. The van der Waals surface area contributed by atoms with Crippen molar-refractivity contribution in [2.24, 2.45) is 10.9 Å². The first kappa shape index (κ1) is 27.5. The van der Waals surface area contributed by atoms with Gasteiger partial charge < -0.3 is 16.0 Å². The summed E-state index contributed by atoms with van der Waals surface area (Å²) in [5.41, 5.74) is 1.66. The predicted octanol–water partition coefficient (Wildman–Crippen LogP) is 3.98. The normalized spacial score (nSPS) is 17.4. The molecular weight excluding hydrogens is 522 g/mol. The van der Waals surface area contributed by atoms with E-state index in [1.165, 1.54) is 4.90 Å². The maximum atomic E-state index is 12.6. The molecule has 0 bridgehead atoms. The van der Waals surface area contributed by atoms with Gasteiger partial charge in [-0.25, -0.2) is 4.99 Å². The Morgan fingerprint density at radius 3 is 2.71 bits per heavy atom. The third-order valence-electron chi connectivity index (χ3n) is 4.58. The number of nitrogens with zero attached hydrogens (tertiary/aromatic N) is 2. The van der Waals surface area contributed by atoms with Crippen LogP contribution in [0.25, 0.3) is 0 Å². The van der Waals surface area contributed by atoms with Gasteiger partial charge in [0.1, 0.15) is 0 Å². The molecule has 0 radical (unpaired) electrons. The van der Waals surface area contributed by atoms with Crippen LogP contribution < -0.4 is 16.0 Å². The number of halogens is 4. The number of likely N-dealkylation sites (tertiary alicyclic amines) is 1. The van der Waals surface area contributed by atoms with Gasteiger partial charge in [-0.05, 0) is 37.0 Å². The molecule has 6 nitrogen and oxygen atoms in total. The minimum atomic E-state index is -4.18. The zero-order valence-corrected chi connectivity index (χ0v) is 20.6. The van der Waals surface area contributed by atoms with E-state index < -0.39 is 12.7 Å². The molecule has 1 aliphatic heterocycles. The Balaban J connectivity index is 0.00000480. The fraction of sp³-hybridized carbons (Fsp3) is 0.619. The zero-order valence-electron chi connectivity index (χ0n) is 18.3. The van der Waals surface area contributed by atoms with Gasteiger partial charge in [0.05, 0.1) is 13.1 Å². The van der Waals surface area contributed by atoms with Crippen molar-refractivity contribution in [3.05, 3.63) is 29.8 Å². The van der Waals surface area contributed by atoms with Gasteiger partial charge in [0, 0.05) is 37.8 Å². The molecule has 176 valence electrons. The summed E-state index contributed by atoms with van der Waals surface area (Å²) < 4.78 is 37.7. The van der Waals surface area contributed by atoms with Gasteiger partial charge in [-0.1, -0.05) is 26.0 Å². The molecule has 2 rings (SSSR count). The third kappa shape index (κ3) is 11.0. The standard InChI is InChI=1S/C21H32F3N5O.HI/c1-4-25-20(28-18-8-9-29(13-18)14-21(22,23)24)26-12-16-6-5-7-17(11-16)27-19(30)10-15(2)3;/h5-7,11,15,18H,4,8-10,12-14H2,1-3H3,(H,27,30)(H2,25,26,28);1H. The van der Waals surface area contributed by atoms with Crippen molar-refractivity contribution in [2.75, 3.05) is 31.5 Å². The molecule has 0 aliphatic carbocycles. The van der Waals surface area contributed by atoms with E-state index in [-0.39, 0.29) is 41.8 Å². The highest BCUT2D eigenvalue weighted by molar-refractivity contribution is 14.0. The van der Waals surface area contributed by atoms with Crippen LogP contribution in [0.15, 0.2) is 29.3 Å². The first-order valence-electron chi connectivity index (χ1n) is 10.4. The van der Waals surface area contributed by atoms with Crippen molar-refractivity contribution >= 4 is 41.5 Å². The van der Waals surface area contributed by atoms with Gasteiger partial charge in [-0.2, -0.15) is 13.2 Å². The van der Waals surface area contributed by atoms with E-state index in [9.17, 15) is 18.0 Å². The fourth-order valence-corrected chi connectivity index (χ4v) is 3.36. The SMILES string of the molecule is CCNC(=NCc1cccc(NC(=O)CC(C)C)c1)NC1CCN(CC(F)(F)F)C1.I. The molecule has 1 fully saturated rings. The number of aliphatic imine (C=N–C) groups is 1. The first-order valence-corrected chi connectivity index (χ1v) is 10.4. The topological polar surface area (TPSA) is 68.8 Å². The summed E-state index contributed by atoms with van der Waals surface area (Å²) in [6.45, 7) is 6.83. The predicted molar refractivity (Wildman–Crippen MR) is 129 cm³/mol. The van der Waals surface area contributed by atoms with Crippen LogP contribution >= 0.6 is 24.0 Å². The number of benzene rings is 1. The van der Waals surface area contributed by atoms with Crippen LogP contribution in [0.4, 0.5) is 18.9 Å². The van der Waals surface area contributed by atoms with Crippen LogP contribution in [0.5, 0.6) is 0 Å². The highest BCUT2D eigenvalue weighted by Gasteiger charge is 2.34. The highest BCUT2D eigenvalue weighted by atomic mass is 127.